The van der Waals surface area contributed by atoms with Crippen molar-refractivity contribution in [2.75, 3.05) is 0 Å². The van der Waals surface area contributed by atoms with E-state index < -0.39 is 5.72 Å². The van der Waals surface area contributed by atoms with Crippen LogP contribution in [-0.4, -0.2) is 22.2 Å². The van der Waals surface area contributed by atoms with Crippen LogP contribution in [0.25, 0.3) is 0 Å². The van der Waals surface area contributed by atoms with Crippen LogP contribution in [-0.2, 0) is 16.1 Å². The molecule has 6 rings (SSSR count). The molecule has 1 aliphatic carbocycles. The number of amides is 1. The molecule has 1 saturated carbocycles. The number of aliphatic imine (C=N–C) groups is 1. The normalized spacial score (nSPS) is 31.3. The molecule has 162 valence electrons. The lowest BCUT2D eigenvalue weighted by atomic mass is 9.78. The molecule has 3 heterocycles. The summed E-state index contributed by atoms with van der Waals surface area (Å²) in [6.07, 6.45) is 1.17. The average molecular weight is 443 g/mol. The van der Waals surface area contributed by atoms with E-state index in [0.29, 0.717) is 13.0 Å². The Morgan fingerprint density at radius 1 is 1.03 bits per heavy atom. The Labute approximate surface area is 192 Å². The molecule has 3 aromatic rings. The van der Waals surface area contributed by atoms with Crippen LogP contribution in [0.4, 0.5) is 0 Å². The summed E-state index contributed by atoms with van der Waals surface area (Å²) < 4.78 is 6.77. The van der Waals surface area contributed by atoms with Gasteiger partial charge in [-0.3, -0.25) is 9.79 Å². The van der Waals surface area contributed by atoms with E-state index >= 15 is 0 Å². The number of hydrogen-bond donors (Lipinski definition) is 0. The molecule has 1 spiro atoms. The van der Waals surface area contributed by atoms with E-state index in [2.05, 4.69) is 54.8 Å². The van der Waals surface area contributed by atoms with E-state index in [9.17, 15) is 4.79 Å². The van der Waals surface area contributed by atoms with E-state index in [-0.39, 0.29) is 29.9 Å². The Bertz CT molecular complexity index is 1140. The quantitative estimate of drug-likeness (QED) is 0.513. The van der Waals surface area contributed by atoms with E-state index in [1.807, 2.05) is 35.2 Å². The van der Waals surface area contributed by atoms with Gasteiger partial charge in [0.15, 0.2) is 12.0 Å². The summed E-state index contributed by atoms with van der Waals surface area (Å²) in [4.78, 5) is 22.1. The largest absolute Gasteiger partial charge is 0.320 e. The van der Waals surface area contributed by atoms with Gasteiger partial charge in [0, 0.05) is 18.9 Å². The summed E-state index contributed by atoms with van der Waals surface area (Å²) in [7, 11) is 0. The molecule has 1 amide bonds. The molecule has 5 atom stereocenters. The van der Waals surface area contributed by atoms with Crippen LogP contribution in [0.15, 0.2) is 83.2 Å². The topological polar surface area (TPSA) is 41.9 Å². The van der Waals surface area contributed by atoms with Crippen molar-refractivity contribution in [3.63, 3.8) is 0 Å². The van der Waals surface area contributed by atoms with Crippen molar-refractivity contribution in [3.05, 3.63) is 94.2 Å². The SMILES string of the molecule is C[C@H]1C2C[C@@]3(O[C@H](c4cccs4)N=C3C[C@@H]1c1ccccc1)N(Cc1ccccc1)C2=O. The van der Waals surface area contributed by atoms with Gasteiger partial charge in [-0.05, 0) is 40.8 Å². The summed E-state index contributed by atoms with van der Waals surface area (Å²) in [5, 5.41) is 2.06. The monoisotopic (exact) mass is 442 g/mol. The fourth-order valence-electron chi connectivity index (χ4n) is 5.72. The Balaban J connectivity index is 1.44. The molecule has 1 saturated heterocycles. The second-order valence-corrected chi connectivity index (χ2v) is 10.1. The first-order valence-corrected chi connectivity index (χ1v) is 12.2. The first kappa shape index (κ1) is 19.9. The Hall–Kier alpha value is -2.76. The maximum atomic E-state index is 13.9. The molecule has 32 heavy (non-hydrogen) atoms. The standard InChI is InChI=1S/C27H26N2O2S/c1-18-21(20-11-6-3-7-12-20)15-24-27(31-25(28-24)23-13-8-14-32-23)16-22(18)26(30)29(27)17-19-9-4-2-5-10-19/h2-14,18,21-22,25H,15-17H2,1H3/t18-,21+,22?,25-,27+/m1/s1. The molecule has 1 unspecified atom stereocenters. The number of hydrogen-bond acceptors (Lipinski definition) is 4. The lowest BCUT2D eigenvalue weighted by molar-refractivity contribution is -0.150. The van der Waals surface area contributed by atoms with Crippen molar-refractivity contribution in [3.8, 4) is 0 Å². The maximum absolute atomic E-state index is 13.9. The van der Waals surface area contributed by atoms with Gasteiger partial charge in [-0.1, -0.05) is 73.7 Å². The molecular formula is C27H26N2O2S. The number of thiophene rings is 1. The van der Waals surface area contributed by atoms with Gasteiger partial charge in [0.1, 0.15) is 0 Å². The molecular weight excluding hydrogens is 416 g/mol. The van der Waals surface area contributed by atoms with Gasteiger partial charge in [0.25, 0.3) is 0 Å². The zero-order chi connectivity index (χ0) is 21.7. The van der Waals surface area contributed by atoms with E-state index in [0.717, 1.165) is 22.6 Å². The number of carbonyl (C=O) groups excluding carboxylic acids is 1. The minimum Gasteiger partial charge on any atom is -0.320 e. The van der Waals surface area contributed by atoms with Crippen molar-refractivity contribution in [1.82, 2.24) is 4.90 Å². The third-order valence-corrected chi connectivity index (χ3v) is 8.33. The Morgan fingerprint density at radius 2 is 1.78 bits per heavy atom. The average Bonchev–Trinajstić information content (AvgIpc) is 3.52. The molecule has 2 fully saturated rings. The van der Waals surface area contributed by atoms with Crippen LogP contribution in [0.5, 0.6) is 0 Å². The number of ether oxygens (including phenoxy) is 1. The number of likely N-dealkylation sites (tertiary alicyclic amines) is 1. The first-order valence-electron chi connectivity index (χ1n) is 11.3. The minimum absolute atomic E-state index is 0.0706. The van der Waals surface area contributed by atoms with E-state index in [4.69, 9.17) is 9.73 Å². The molecule has 2 bridgehead atoms. The van der Waals surface area contributed by atoms with Crippen molar-refractivity contribution in [2.24, 2.45) is 16.8 Å². The number of fused-ring (bicyclic) bond motifs is 1. The zero-order valence-corrected chi connectivity index (χ0v) is 18.9. The van der Waals surface area contributed by atoms with Gasteiger partial charge < -0.3 is 9.64 Å². The molecule has 2 aliphatic heterocycles. The highest BCUT2D eigenvalue weighted by atomic mass is 32.1. The predicted octanol–water partition coefficient (Wildman–Crippen LogP) is 5.79. The maximum Gasteiger partial charge on any atom is 0.229 e. The third-order valence-electron chi connectivity index (χ3n) is 7.43. The summed E-state index contributed by atoms with van der Waals surface area (Å²) in [6, 6.07) is 24.9. The summed E-state index contributed by atoms with van der Waals surface area (Å²) >= 11 is 1.66. The van der Waals surface area contributed by atoms with Gasteiger partial charge in [-0.2, -0.15) is 0 Å². The summed E-state index contributed by atoms with van der Waals surface area (Å²) in [5.41, 5.74) is 2.69. The smallest absolute Gasteiger partial charge is 0.229 e. The third kappa shape index (κ3) is 3.06. The molecule has 0 N–H and O–H groups in total. The van der Waals surface area contributed by atoms with Gasteiger partial charge in [-0.25, -0.2) is 0 Å². The molecule has 4 nitrogen and oxygen atoms in total. The zero-order valence-electron chi connectivity index (χ0n) is 18.1. The highest BCUT2D eigenvalue weighted by Gasteiger charge is 2.62. The van der Waals surface area contributed by atoms with Crippen LogP contribution in [0.2, 0.25) is 0 Å². The van der Waals surface area contributed by atoms with Crippen LogP contribution in [0, 0.1) is 11.8 Å². The van der Waals surface area contributed by atoms with Gasteiger partial charge >= 0.3 is 0 Å². The molecule has 2 aromatic carbocycles. The number of nitrogens with zero attached hydrogens (tertiary/aromatic N) is 2. The molecule has 5 heteroatoms. The second kappa shape index (κ2) is 7.68. The van der Waals surface area contributed by atoms with Gasteiger partial charge in [0.2, 0.25) is 5.91 Å². The lowest BCUT2D eigenvalue weighted by Crippen LogP contribution is -2.52. The molecule has 1 aromatic heterocycles. The highest BCUT2D eigenvalue weighted by Crippen LogP contribution is 2.54. The van der Waals surface area contributed by atoms with E-state index in [1.165, 1.54) is 5.56 Å². The fourth-order valence-corrected chi connectivity index (χ4v) is 6.41. The van der Waals surface area contributed by atoms with Crippen molar-refractivity contribution in [1.29, 1.82) is 0 Å². The van der Waals surface area contributed by atoms with Crippen molar-refractivity contribution in [2.45, 2.75) is 44.2 Å². The molecule has 0 radical (unpaired) electrons. The highest BCUT2D eigenvalue weighted by molar-refractivity contribution is 7.10. The Morgan fingerprint density at radius 3 is 2.50 bits per heavy atom. The summed E-state index contributed by atoms with van der Waals surface area (Å²) in [6.45, 7) is 2.79. The van der Waals surface area contributed by atoms with Crippen LogP contribution in [0.3, 0.4) is 0 Å². The summed E-state index contributed by atoms with van der Waals surface area (Å²) in [5.74, 6) is 0.607. The molecule has 3 aliphatic rings. The lowest BCUT2D eigenvalue weighted by Gasteiger charge is -2.37. The van der Waals surface area contributed by atoms with Gasteiger partial charge in [0.05, 0.1) is 10.6 Å². The number of rotatable bonds is 4. The van der Waals surface area contributed by atoms with Crippen LogP contribution in [0.1, 0.15) is 47.9 Å². The number of carbonyl (C=O) groups is 1. The fraction of sp³-hybridized carbons (Fsp3) is 0.333. The van der Waals surface area contributed by atoms with Crippen molar-refractivity contribution < 1.29 is 9.53 Å². The van der Waals surface area contributed by atoms with Crippen LogP contribution < -0.4 is 0 Å². The number of benzene rings is 2. The minimum atomic E-state index is -0.746. The van der Waals surface area contributed by atoms with Gasteiger partial charge in [-0.15, -0.1) is 11.3 Å². The second-order valence-electron chi connectivity index (χ2n) is 9.15. The van der Waals surface area contributed by atoms with E-state index in [1.54, 1.807) is 11.3 Å². The van der Waals surface area contributed by atoms with Crippen LogP contribution >= 0.6 is 11.3 Å². The van der Waals surface area contributed by atoms with Crippen molar-refractivity contribution >= 4 is 23.0 Å². The Kier molecular flexibility index (Phi) is 4.77. The first-order chi connectivity index (χ1) is 15.7. The predicted molar refractivity (Wildman–Crippen MR) is 126 cm³/mol.